The van der Waals surface area contributed by atoms with Crippen LogP contribution in [0.25, 0.3) is 11.4 Å². The third-order valence-electron chi connectivity index (χ3n) is 6.35. The summed E-state index contributed by atoms with van der Waals surface area (Å²) >= 11 is 6.02. The number of nitrogens with zero attached hydrogens (tertiary/aromatic N) is 4. The van der Waals surface area contributed by atoms with E-state index in [0.717, 1.165) is 54.0 Å². The van der Waals surface area contributed by atoms with Crippen molar-refractivity contribution >= 4 is 17.5 Å². The third-order valence-corrected chi connectivity index (χ3v) is 6.60. The number of hydrogen-bond donors (Lipinski definition) is 1. The fraction of sp³-hybridized carbons (Fsp3) is 0.375. The zero-order valence-electron chi connectivity index (χ0n) is 18.3. The van der Waals surface area contributed by atoms with Crippen LogP contribution >= 0.6 is 11.6 Å². The predicted molar refractivity (Wildman–Crippen MR) is 122 cm³/mol. The van der Waals surface area contributed by atoms with E-state index in [4.69, 9.17) is 16.1 Å². The van der Waals surface area contributed by atoms with Crippen LogP contribution in [0.1, 0.15) is 45.9 Å². The van der Waals surface area contributed by atoms with Gasteiger partial charge in [0.1, 0.15) is 0 Å². The molecule has 1 fully saturated rings. The molecule has 7 nitrogen and oxygen atoms in total. The Balaban J connectivity index is 1.37. The maximum atomic E-state index is 13.2. The van der Waals surface area contributed by atoms with Gasteiger partial charge in [-0.3, -0.25) is 9.69 Å². The van der Waals surface area contributed by atoms with E-state index in [2.05, 4.69) is 20.4 Å². The first-order valence-electron chi connectivity index (χ1n) is 11.0. The molecule has 3 heterocycles. The van der Waals surface area contributed by atoms with Crippen molar-refractivity contribution in [2.45, 2.75) is 33.0 Å². The summed E-state index contributed by atoms with van der Waals surface area (Å²) in [5.74, 6) is 1.24. The summed E-state index contributed by atoms with van der Waals surface area (Å²) in [6.45, 7) is 9.12. The lowest BCUT2D eigenvalue weighted by Crippen LogP contribution is -2.42. The first-order chi connectivity index (χ1) is 15.5. The molecule has 3 aromatic rings. The van der Waals surface area contributed by atoms with Crippen LogP contribution in [0.2, 0.25) is 5.02 Å². The maximum absolute atomic E-state index is 13.2. The first-order valence-corrected chi connectivity index (χ1v) is 11.3. The Kier molecular flexibility index (Phi) is 5.71. The largest absolute Gasteiger partial charge is 0.338 e. The molecule has 1 aromatic heterocycles. The molecule has 1 amide bonds. The van der Waals surface area contributed by atoms with Gasteiger partial charge in [0.15, 0.2) is 0 Å². The standard InChI is InChI=1S/C24H26ClN5O2/c1-15-11-18(23-27-21(32-28-23)14-29-9-7-26-8-10-29)12-19-13-30(24(31)22(15)19)16(2)17-3-5-20(25)6-4-17/h3-6,11-12,16,26H,7-10,13-14H2,1-2H3/t16-/m0/s1. The lowest BCUT2D eigenvalue weighted by molar-refractivity contribution is 0.0715. The van der Waals surface area contributed by atoms with Crippen LogP contribution in [-0.4, -0.2) is 52.0 Å². The molecular weight excluding hydrogens is 426 g/mol. The minimum Gasteiger partial charge on any atom is -0.338 e. The number of nitrogens with one attached hydrogen (secondary N) is 1. The Hall–Kier alpha value is -2.74. The summed E-state index contributed by atoms with van der Waals surface area (Å²) in [7, 11) is 0. The summed E-state index contributed by atoms with van der Waals surface area (Å²) in [4.78, 5) is 22.0. The van der Waals surface area contributed by atoms with Gasteiger partial charge >= 0.3 is 0 Å². The van der Waals surface area contributed by atoms with E-state index >= 15 is 0 Å². The van der Waals surface area contributed by atoms with E-state index < -0.39 is 0 Å². The summed E-state index contributed by atoms with van der Waals surface area (Å²) in [6.07, 6.45) is 0. The van der Waals surface area contributed by atoms with Gasteiger partial charge in [0.2, 0.25) is 11.7 Å². The van der Waals surface area contributed by atoms with Gasteiger partial charge in [0.25, 0.3) is 5.91 Å². The molecular formula is C24H26ClN5O2. The maximum Gasteiger partial charge on any atom is 0.255 e. The highest BCUT2D eigenvalue weighted by molar-refractivity contribution is 6.30. The Morgan fingerprint density at radius 2 is 1.94 bits per heavy atom. The van der Waals surface area contributed by atoms with Crippen molar-refractivity contribution in [3.63, 3.8) is 0 Å². The Morgan fingerprint density at radius 3 is 2.69 bits per heavy atom. The van der Waals surface area contributed by atoms with E-state index in [0.29, 0.717) is 29.8 Å². The molecule has 2 aromatic carbocycles. The number of aromatic nitrogens is 2. The number of carbonyl (C=O) groups excluding carboxylic acids is 1. The molecule has 2 aliphatic heterocycles. The van der Waals surface area contributed by atoms with E-state index in [-0.39, 0.29) is 11.9 Å². The number of hydrogen-bond acceptors (Lipinski definition) is 6. The number of fused-ring (bicyclic) bond motifs is 1. The van der Waals surface area contributed by atoms with Crippen molar-refractivity contribution in [1.29, 1.82) is 0 Å². The van der Waals surface area contributed by atoms with Gasteiger partial charge in [-0.25, -0.2) is 0 Å². The molecule has 0 radical (unpaired) electrons. The van der Waals surface area contributed by atoms with Gasteiger partial charge in [0, 0.05) is 48.9 Å². The second-order valence-corrected chi connectivity index (χ2v) is 8.96. The van der Waals surface area contributed by atoms with Crippen molar-refractivity contribution in [2.75, 3.05) is 26.2 Å². The number of piperazine rings is 1. The molecule has 166 valence electrons. The fourth-order valence-electron chi connectivity index (χ4n) is 4.55. The van der Waals surface area contributed by atoms with E-state index in [9.17, 15) is 4.79 Å². The van der Waals surface area contributed by atoms with Crippen molar-refractivity contribution in [3.8, 4) is 11.4 Å². The predicted octanol–water partition coefficient (Wildman–Crippen LogP) is 3.82. The molecule has 2 aliphatic rings. The van der Waals surface area contributed by atoms with E-state index in [1.54, 1.807) is 0 Å². The SMILES string of the molecule is Cc1cc(-c2noc(CN3CCNCC3)n2)cc2c1C(=O)N([C@@H](C)c1ccc(Cl)cc1)C2. The van der Waals surface area contributed by atoms with Gasteiger partial charge in [-0.1, -0.05) is 28.9 Å². The molecule has 0 saturated carbocycles. The van der Waals surface area contributed by atoms with Crippen molar-refractivity contribution in [2.24, 2.45) is 0 Å². The van der Waals surface area contributed by atoms with Gasteiger partial charge < -0.3 is 14.7 Å². The van der Waals surface area contributed by atoms with Crippen LogP contribution < -0.4 is 5.32 Å². The number of rotatable bonds is 5. The first kappa shape index (κ1) is 21.1. The molecule has 0 aliphatic carbocycles. The minimum absolute atomic E-state index is 0.0502. The molecule has 1 saturated heterocycles. The zero-order valence-corrected chi connectivity index (χ0v) is 19.0. The second-order valence-electron chi connectivity index (χ2n) is 8.53. The molecule has 1 N–H and O–H groups in total. The average molecular weight is 452 g/mol. The molecule has 1 atom stereocenters. The van der Waals surface area contributed by atoms with Gasteiger partial charge in [0.05, 0.1) is 12.6 Å². The van der Waals surface area contributed by atoms with Crippen molar-refractivity contribution in [1.82, 2.24) is 25.3 Å². The number of benzene rings is 2. The summed E-state index contributed by atoms with van der Waals surface area (Å²) in [5, 5.41) is 8.24. The summed E-state index contributed by atoms with van der Waals surface area (Å²) in [5.41, 5.74) is 4.65. The lowest BCUT2D eigenvalue weighted by atomic mass is 10.00. The minimum atomic E-state index is -0.0502. The highest BCUT2D eigenvalue weighted by Gasteiger charge is 2.33. The molecule has 8 heteroatoms. The van der Waals surface area contributed by atoms with Crippen LogP contribution in [0, 0.1) is 6.92 Å². The number of aryl methyl sites for hydroxylation is 1. The van der Waals surface area contributed by atoms with Crippen molar-refractivity contribution in [3.05, 3.63) is 69.6 Å². The van der Waals surface area contributed by atoms with Gasteiger partial charge in [-0.05, 0) is 54.8 Å². The molecule has 0 unspecified atom stereocenters. The van der Waals surface area contributed by atoms with Crippen LogP contribution in [0.5, 0.6) is 0 Å². The lowest BCUT2D eigenvalue weighted by Gasteiger charge is -2.25. The monoisotopic (exact) mass is 451 g/mol. The van der Waals surface area contributed by atoms with Crippen LogP contribution in [-0.2, 0) is 13.1 Å². The molecule has 0 bridgehead atoms. The molecule has 0 spiro atoms. The van der Waals surface area contributed by atoms with Crippen LogP contribution in [0.15, 0.2) is 40.9 Å². The highest BCUT2D eigenvalue weighted by Crippen LogP contribution is 2.35. The Morgan fingerprint density at radius 1 is 1.19 bits per heavy atom. The summed E-state index contributed by atoms with van der Waals surface area (Å²) < 4.78 is 5.52. The van der Waals surface area contributed by atoms with Crippen molar-refractivity contribution < 1.29 is 9.32 Å². The average Bonchev–Trinajstić information content (AvgIpc) is 3.39. The number of amides is 1. The number of carbonyl (C=O) groups is 1. The van der Waals surface area contributed by atoms with Gasteiger partial charge in [-0.15, -0.1) is 0 Å². The quantitative estimate of drug-likeness (QED) is 0.635. The third kappa shape index (κ3) is 4.03. The summed E-state index contributed by atoms with van der Waals surface area (Å²) in [6, 6.07) is 11.6. The zero-order chi connectivity index (χ0) is 22.2. The normalized spacial score (nSPS) is 17.6. The molecule has 32 heavy (non-hydrogen) atoms. The van der Waals surface area contributed by atoms with Crippen LogP contribution in [0.4, 0.5) is 0 Å². The highest BCUT2D eigenvalue weighted by atomic mass is 35.5. The topological polar surface area (TPSA) is 74.5 Å². The smallest absolute Gasteiger partial charge is 0.255 e. The van der Waals surface area contributed by atoms with Crippen LogP contribution in [0.3, 0.4) is 0 Å². The fourth-order valence-corrected chi connectivity index (χ4v) is 4.68. The Bertz CT molecular complexity index is 1140. The van der Waals surface area contributed by atoms with E-state index in [1.807, 2.05) is 55.1 Å². The van der Waals surface area contributed by atoms with E-state index in [1.165, 1.54) is 0 Å². The Labute approximate surface area is 192 Å². The van der Waals surface area contributed by atoms with Gasteiger partial charge in [-0.2, -0.15) is 4.98 Å². The number of halogens is 1. The molecule has 5 rings (SSSR count). The second kappa shape index (κ2) is 8.65.